The van der Waals surface area contributed by atoms with Crippen molar-refractivity contribution in [2.75, 3.05) is 30.8 Å². The van der Waals surface area contributed by atoms with Gasteiger partial charge >= 0.3 is 0 Å². The first kappa shape index (κ1) is 16.4. The lowest BCUT2D eigenvalue weighted by Crippen LogP contribution is -2.39. The predicted molar refractivity (Wildman–Crippen MR) is 97.9 cm³/mol. The number of halogens is 1. The molecule has 0 amide bonds. The Morgan fingerprint density at radius 1 is 1.16 bits per heavy atom. The fourth-order valence-corrected chi connectivity index (χ4v) is 3.87. The van der Waals surface area contributed by atoms with Crippen LogP contribution in [0.15, 0.2) is 6.07 Å². The Kier molecular flexibility index (Phi) is 4.19. The summed E-state index contributed by atoms with van der Waals surface area (Å²) in [6, 6.07) is 2.31. The van der Waals surface area contributed by atoms with E-state index in [9.17, 15) is 4.39 Å². The summed E-state index contributed by atoms with van der Waals surface area (Å²) < 4.78 is 14.5. The Morgan fingerprint density at radius 3 is 2.64 bits per heavy atom. The second-order valence-electron chi connectivity index (χ2n) is 7.23. The molecule has 1 aliphatic heterocycles. The first-order valence-corrected chi connectivity index (χ1v) is 9.03. The van der Waals surface area contributed by atoms with Crippen LogP contribution in [0, 0.1) is 13.8 Å². The molecule has 1 saturated carbocycles. The van der Waals surface area contributed by atoms with Gasteiger partial charge in [0.05, 0.1) is 11.4 Å². The number of rotatable bonds is 4. The quantitative estimate of drug-likeness (QED) is 0.889. The average Bonchev–Trinajstić information content (AvgIpc) is 2.84. The first-order chi connectivity index (χ1) is 12.0. The lowest BCUT2D eigenvalue weighted by atomic mass is 9.92. The van der Waals surface area contributed by atoms with Gasteiger partial charge in [-0.1, -0.05) is 6.42 Å². The van der Waals surface area contributed by atoms with E-state index in [0.29, 0.717) is 30.7 Å². The van der Waals surface area contributed by atoms with Crippen LogP contribution in [0.1, 0.15) is 30.5 Å². The van der Waals surface area contributed by atoms with Crippen LogP contribution in [-0.2, 0) is 0 Å². The van der Waals surface area contributed by atoms with E-state index in [4.69, 9.17) is 0 Å². The summed E-state index contributed by atoms with van der Waals surface area (Å²) in [5, 5.41) is 7.24. The Bertz CT molecular complexity index is 791. The molecule has 0 radical (unpaired) electrons. The molecule has 0 unspecified atom stereocenters. The number of aromatic nitrogens is 3. The zero-order valence-electron chi connectivity index (χ0n) is 15.0. The molecule has 1 saturated heterocycles. The van der Waals surface area contributed by atoms with Crippen LogP contribution >= 0.6 is 0 Å². The number of nitrogens with one attached hydrogen (secondary N) is 2. The summed E-state index contributed by atoms with van der Waals surface area (Å²) in [5.41, 5.74) is 2.64. The standard InChI is InChI=1S/C18H25FN6/c1-10-7-11(2)21-17-15(10)16(20-3)23-18(24-17)22-14-9-25(8-13(14)19)12-5-4-6-12/h7,12-14H,4-6,8-9H2,1-3H3,(H2,20,21,22,23,24)/t13-,14+/m1/s1. The van der Waals surface area contributed by atoms with Crippen LogP contribution in [0.5, 0.6) is 0 Å². The molecular weight excluding hydrogens is 319 g/mol. The Balaban J connectivity index is 1.61. The van der Waals surface area contributed by atoms with E-state index in [2.05, 4.69) is 30.5 Å². The topological polar surface area (TPSA) is 66.0 Å². The zero-order chi connectivity index (χ0) is 17.6. The van der Waals surface area contributed by atoms with E-state index in [1.54, 1.807) is 0 Å². The highest BCUT2D eigenvalue weighted by Gasteiger charge is 2.38. The molecule has 2 atom stereocenters. The maximum Gasteiger partial charge on any atom is 0.227 e. The van der Waals surface area contributed by atoms with E-state index >= 15 is 0 Å². The van der Waals surface area contributed by atoms with E-state index in [0.717, 1.165) is 22.5 Å². The number of aryl methyl sites for hydroxylation is 2. The number of hydrogen-bond acceptors (Lipinski definition) is 6. The van der Waals surface area contributed by atoms with Gasteiger partial charge in [-0.15, -0.1) is 0 Å². The Morgan fingerprint density at radius 2 is 1.96 bits per heavy atom. The van der Waals surface area contributed by atoms with Gasteiger partial charge in [-0.2, -0.15) is 9.97 Å². The van der Waals surface area contributed by atoms with Crippen molar-refractivity contribution in [1.82, 2.24) is 19.9 Å². The molecule has 0 bridgehead atoms. The van der Waals surface area contributed by atoms with Crippen LogP contribution in [-0.4, -0.2) is 58.2 Å². The lowest BCUT2D eigenvalue weighted by Gasteiger charge is -2.34. The minimum Gasteiger partial charge on any atom is -0.372 e. The van der Waals surface area contributed by atoms with E-state index in [1.807, 2.05) is 27.0 Å². The highest BCUT2D eigenvalue weighted by molar-refractivity contribution is 5.90. The smallest absolute Gasteiger partial charge is 0.227 e. The SMILES string of the molecule is CNc1nc(N[C@H]2CN(C3CCC3)C[C@H]2F)nc2nc(C)cc(C)c12. The summed E-state index contributed by atoms with van der Waals surface area (Å²) in [5.74, 6) is 1.17. The molecule has 25 heavy (non-hydrogen) atoms. The average molecular weight is 344 g/mol. The van der Waals surface area contributed by atoms with E-state index in [-0.39, 0.29) is 6.04 Å². The van der Waals surface area contributed by atoms with Crippen molar-refractivity contribution in [3.8, 4) is 0 Å². The molecule has 4 rings (SSSR count). The number of nitrogens with zero attached hydrogens (tertiary/aromatic N) is 4. The van der Waals surface area contributed by atoms with Gasteiger partial charge in [-0.25, -0.2) is 9.37 Å². The third kappa shape index (κ3) is 3.01. The number of alkyl halides is 1. The maximum absolute atomic E-state index is 14.5. The van der Waals surface area contributed by atoms with Crippen molar-refractivity contribution >= 4 is 22.8 Å². The zero-order valence-corrected chi connectivity index (χ0v) is 15.0. The fraction of sp³-hybridized carbons (Fsp3) is 0.611. The second-order valence-corrected chi connectivity index (χ2v) is 7.23. The Hall–Kier alpha value is -2.02. The molecule has 0 aromatic carbocycles. The monoisotopic (exact) mass is 344 g/mol. The van der Waals surface area contributed by atoms with Crippen LogP contribution < -0.4 is 10.6 Å². The lowest BCUT2D eigenvalue weighted by molar-refractivity contribution is 0.148. The van der Waals surface area contributed by atoms with E-state index in [1.165, 1.54) is 19.3 Å². The van der Waals surface area contributed by atoms with Crippen molar-refractivity contribution in [3.63, 3.8) is 0 Å². The largest absolute Gasteiger partial charge is 0.372 e. The summed E-state index contributed by atoms with van der Waals surface area (Å²) in [6.45, 7) is 5.19. The molecule has 2 aromatic rings. The Labute approximate surface area is 147 Å². The van der Waals surface area contributed by atoms with Gasteiger partial charge in [0.2, 0.25) is 5.95 Å². The van der Waals surface area contributed by atoms with Gasteiger partial charge in [0.1, 0.15) is 12.0 Å². The molecule has 2 aromatic heterocycles. The van der Waals surface area contributed by atoms with E-state index < -0.39 is 6.17 Å². The van der Waals surface area contributed by atoms with Crippen molar-refractivity contribution in [3.05, 3.63) is 17.3 Å². The second kappa shape index (κ2) is 6.37. The first-order valence-electron chi connectivity index (χ1n) is 9.03. The third-order valence-corrected chi connectivity index (χ3v) is 5.41. The minimum absolute atomic E-state index is 0.270. The van der Waals surface area contributed by atoms with Crippen molar-refractivity contribution in [1.29, 1.82) is 0 Å². The number of pyridine rings is 1. The van der Waals surface area contributed by atoms with Gasteiger partial charge < -0.3 is 10.6 Å². The molecule has 1 aliphatic carbocycles. The summed E-state index contributed by atoms with van der Waals surface area (Å²) >= 11 is 0. The van der Waals surface area contributed by atoms with Crippen LogP contribution in [0.3, 0.4) is 0 Å². The highest BCUT2D eigenvalue weighted by atomic mass is 19.1. The fourth-order valence-electron chi connectivity index (χ4n) is 3.87. The molecule has 2 aliphatic rings. The molecule has 2 N–H and O–H groups in total. The number of fused-ring (bicyclic) bond motifs is 1. The minimum atomic E-state index is -0.898. The third-order valence-electron chi connectivity index (χ3n) is 5.41. The molecular formula is C18H25FN6. The van der Waals surface area contributed by atoms with Gasteiger partial charge in [0.15, 0.2) is 5.65 Å². The summed E-state index contributed by atoms with van der Waals surface area (Å²) in [4.78, 5) is 15.9. The highest BCUT2D eigenvalue weighted by Crippen LogP contribution is 2.30. The molecule has 2 fully saturated rings. The van der Waals surface area contributed by atoms with Gasteiger partial charge in [0.25, 0.3) is 0 Å². The van der Waals surface area contributed by atoms with Crippen molar-refractivity contribution in [2.45, 2.75) is 51.4 Å². The number of likely N-dealkylation sites (tertiary alicyclic amines) is 1. The van der Waals surface area contributed by atoms with Crippen LogP contribution in [0.25, 0.3) is 11.0 Å². The normalized spacial score (nSPS) is 24.5. The van der Waals surface area contributed by atoms with Crippen LogP contribution in [0.2, 0.25) is 0 Å². The molecule has 6 nitrogen and oxygen atoms in total. The molecule has 0 spiro atoms. The van der Waals surface area contributed by atoms with Gasteiger partial charge in [0, 0.05) is 31.9 Å². The van der Waals surface area contributed by atoms with Crippen molar-refractivity contribution < 1.29 is 4.39 Å². The van der Waals surface area contributed by atoms with Gasteiger partial charge in [-0.3, -0.25) is 4.90 Å². The molecule has 7 heteroatoms. The maximum atomic E-state index is 14.5. The summed E-state index contributed by atoms with van der Waals surface area (Å²) in [7, 11) is 1.83. The molecule has 3 heterocycles. The van der Waals surface area contributed by atoms with Crippen LogP contribution in [0.4, 0.5) is 16.2 Å². The summed E-state index contributed by atoms with van der Waals surface area (Å²) in [6.07, 6.45) is 2.75. The van der Waals surface area contributed by atoms with Crippen molar-refractivity contribution in [2.24, 2.45) is 0 Å². The predicted octanol–water partition coefficient (Wildman–Crippen LogP) is 2.67. The number of anilines is 2. The van der Waals surface area contributed by atoms with Gasteiger partial charge in [-0.05, 0) is 38.3 Å². The number of hydrogen-bond donors (Lipinski definition) is 2. The molecule has 134 valence electrons.